The second-order valence-electron chi connectivity index (χ2n) is 5.70. The summed E-state index contributed by atoms with van der Waals surface area (Å²) in [5.74, 6) is 0.514. The molecule has 0 bridgehead atoms. The summed E-state index contributed by atoms with van der Waals surface area (Å²) in [7, 11) is 1.75. The summed E-state index contributed by atoms with van der Waals surface area (Å²) in [6, 6.07) is 3.53. The summed E-state index contributed by atoms with van der Waals surface area (Å²) >= 11 is 1.55. The number of nitrogens with zero attached hydrogens (tertiary/aromatic N) is 4. The molecule has 8 nitrogen and oxygen atoms in total. The summed E-state index contributed by atoms with van der Waals surface area (Å²) in [6.45, 7) is 1.67. The van der Waals surface area contributed by atoms with Crippen LogP contribution in [0.5, 0.6) is 0 Å². The second-order valence-corrected chi connectivity index (χ2v) is 6.68. The average molecular weight is 344 g/mol. The molecule has 9 heteroatoms. The first-order valence-corrected chi connectivity index (χ1v) is 8.47. The number of thiophene rings is 1. The molecule has 0 aromatic carbocycles. The Labute approximate surface area is 141 Å². The number of amides is 1. The smallest absolute Gasteiger partial charge is 0.262 e. The van der Waals surface area contributed by atoms with Gasteiger partial charge in [-0.1, -0.05) is 6.07 Å². The average Bonchev–Trinajstić information content (AvgIpc) is 3.19. The largest absolute Gasteiger partial charge is 0.353 e. The Kier molecular flexibility index (Phi) is 3.66. The van der Waals surface area contributed by atoms with Crippen LogP contribution in [-0.2, 0) is 18.4 Å². The van der Waals surface area contributed by atoms with E-state index in [2.05, 4.69) is 20.4 Å². The van der Waals surface area contributed by atoms with Crippen LogP contribution in [-0.4, -0.2) is 43.6 Å². The predicted octanol–water partition coefficient (Wildman–Crippen LogP) is 0.391. The topological polar surface area (TPSA) is 95.9 Å². The first kappa shape index (κ1) is 15.0. The molecule has 1 unspecified atom stereocenters. The molecule has 24 heavy (non-hydrogen) atoms. The number of rotatable bonds is 3. The number of piperazine rings is 1. The number of aryl methyl sites for hydroxylation is 1. The number of aromatic nitrogens is 4. The molecular formula is C15H16N6O2S. The molecule has 0 spiro atoms. The minimum Gasteiger partial charge on any atom is -0.353 e. The molecule has 1 amide bonds. The van der Waals surface area contributed by atoms with Gasteiger partial charge in [0.2, 0.25) is 5.91 Å². The van der Waals surface area contributed by atoms with Crippen molar-refractivity contribution in [2.75, 3.05) is 13.1 Å². The van der Waals surface area contributed by atoms with E-state index >= 15 is 0 Å². The fourth-order valence-electron chi connectivity index (χ4n) is 2.99. The maximum absolute atomic E-state index is 12.3. The van der Waals surface area contributed by atoms with E-state index in [1.165, 1.54) is 6.20 Å². The van der Waals surface area contributed by atoms with E-state index in [-0.39, 0.29) is 17.5 Å². The fourth-order valence-corrected chi connectivity index (χ4v) is 3.84. The Morgan fingerprint density at radius 2 is 2.29 bits per heavy atom. The first-order valence-electron chi connectivity index (χ1n) is 7.59. The Morgan fingerprint density at radius 1 is 1.42 bits per heavy atom. The van der Waals surface area contributed by atoms with Gasteiger partial charge in [0.1, 0.15) is 17.3 Å². The van der Waals surface area contributed by atoms with Crippen molar-refractivity contribution in [3.05, 3.63) is 44.8 Å². The Bertz CT molecular complexity index is 945. The molecule has 3 aromatic heterocycles. The number of fused-ring (bicyclic) bond motifs is 1. The highest BCUT2D eigenvalue weighted by Crippen LogP contribution is 2.28. The molecule has 1 aliphatic rings. The molecule has 1 saturated heterocycles. The number of aromatic amines is 1. The molecule has 1 fully saturated rings. The highest BCUT2D eigenvalue weighted by molar-refractivity contribution is 7.10. The van der Waals surface area contributed by atoms with Crippen molar-refractivity contribution in [3.8, 4) is 0 Å². The molecular weight excluding hydrogens is 328 g/mol. The predicted molar refractivity (Wildman–Crippen MR) is 89.6 cm³/mol. The Morgan fingerprint density at radius 3 is 3.08 bits per heavy atom. The fraction of sp³-hybridized carbons (Fsp3) is 0.333. The van der Waals surface area contributed by atoms with E-state index in [0.29, 0.717) is 36.5 Å². The van der Waals surface area contributed by atoms with E-state index in [0.717, 1.165) is 4.88 Å². The Balaban J connectivity index is 1.69. The molecule has 1 aliphatic heterocycles. The normalized spacial score (nSPS) is 18.9. The van der Waals surface area contributed by atoms with Crippen molar-refractivity contribution in [2.45, 2.75) is 12.6 Å². The van der Waals surface area contributed by atoms with Gasteiger partial charge in [0.05, 0.1) is 12.7 Å². The molecule has 2 N–H and O–H groups in total. The minimum atomic E-state index is -0.355. The molecule has 0 aliphatic carbocycles. The lowest BCUT2D eigenvalue weighted by Gasteiger charge is -2.33. The van der Waals surface area contributed by atoms with Gasteiger partial charge in [0.15, 0.2) is 5.65 Å². The zero-order valence-electron chi connectivity index (χ0n) is 13.0. The van der Waals surface area contributed by atoms with Crippen LogP contribution in [0.2, 0.25) is 0 Å². The highest BCUT2D eigenvalue weighted by atomic mass is 32.1. The van der Waals surface area contributed by atoms with Crippen LogP contribution in [0, 0.1) is 0 Å². The van der Waals surface area contributed by atoms with E-state index in [9.17, 15) is 9.59 Å². The van der Waals surface area contributed by atoms with E-state index in [1.54, 1.807) is 23.1 Å². The SMILES string of the molecule is Cn1ncc2c(=O)[nH]c(CN3CCNC(=O)C3c3cccs3)nc21. The van der Waals surface area contributed by atoms with Crippen LogP contribution in [0.4, 0.5) is 0 Å². The van der Waals surface area contributed by atoms with Gasteiger partial charge in [-0.05, 0) is 11.4 Å². The van der Waals surface area contributed by atoms with Gasteiger partial charge >= 0.3 is 0 Å². The van der Waals surface area contributed by atoms with E-state index in [1.807, 2.05) is 22.4 Å². The summed E-state index contributed by atoms with van der Waals surface area (Å²) in [5, 5.41) is 9.39. The van der Waals surface area contributed by atoms with E-state index < -0.39 is 0 Å². The van der Waals surface area contributed by atoms with Gasteiger partial charge in [-0.25, -0.2) is 4.98 Å². The van der Waals surface area contributed by atoms with Crippen molar-refractivity contribution < 1.29 is 4.79 Å². The van der Waals surface area contributed by atoms with Crippen LogP contribution in [0.3, 0.4) is 0 Å². The third kappa shape index (κ3) is 2.51. The quantitative estimate of drug-likeness (QED) is 0.717. The monoisotopic (exact) mass is 344 g/mol. The van der Waals surface area contributed by atoms with Crippen molar-refractivity contribution >= 4 is 28.3 Å². The number of carbonyl (C=O) groups excluding carboxylic acids is 1. The molecule has 1 atom stereocenters. The third-order valence-electron chi connectivity index (χ3n) is 4.13. The maximum Gasteiger partial charge on any atom is 0.262 e. The first-order chi connectivity index (χ1) is 11.6. The van der Waals surface area contributed by atoms with Gasteiger partial charge in [-0.15, -0.1) is 11.3 Å². The van der Waals surface area contributed by atoms with E-state index in [4.69, 9.17) is 0 Å². The van der Waals surface area contributed by atoms with Gasteiger partial charge in [0, 0.05) is 25.0 Å². The zero-order valence-corrected chi connectivity index (χ0v) is 13.8. The molecule has 4 rings (SSSR count). The molecule has 3 aromatic rings. The van der Waals surface area contributed by atoms with Crippen LogP contribution in [0.1, 0.15) is 16.7 Å². The highest BCUT2D eigenvalue weighted by Gasteiger charge is 2.32. The lowest BCUT2D eigenvalue weighted by molar-refractivity contribution is -0.129. The lowest BCUT2D eigenvalue weighted by atomic mass is 10.1. The lowest BCUT2D eigenvalue weighted by Crippen LogP contribution is -2.49. The molecule has 0 saturated carbocycles. The van der Waals surface area contributed by atoms with Crippen LogP contribution in [0.25, 0.3) is 11.0 Å². The van der Waals surface area contributed by atoms with Gasteiger partial charge in [0.25, 0.3) is 5.56 Å². The maximum atomic E-state index is 12.3. The van der Waals surface area contributed by atoms with Crippen molar-refractivity contribution in [3.63, 3.8) is 0 Å². The molecule has 4 heterocycles. The standard InChI is InChI=1S/C15H16N6O2S/c1-20-13-9(7-17-20)14(22)19-11(18-13)8-21-5-4-16-15(23)12(21)10-3-2-6-24-10/h2-3,6-7,12H,4-5,8H2,1H3,(H,16,23)(H,18,19,22). The van der Waals surface area contributed by atoms with Gasteiger partial charge < -0.3 is 10.3 Å². The number of hydrogen-bond acceptors (Lipinski definition) is 6. The second kappa shape index (κ2) is 5.84. The van der Waals surface area contributed by atoms with Crippen LogP contribution < -0.4 is 10.9 Å². The van der Waals surface area contributed by atoms with Crippen molar-refractivity contribution in [1.29, 1.82) is 0 Å². The third-order valence-corrected chi connectivity index (χ3v) is 5.05. The summed E-state index contributed by atoms with van der Waals surface area (Å²) in [4.78, 5) is 34.8. The number of H-pyrrole nitrogens is 1. The Hall–Kier alpha value is -2.52. The number of hydrogen-bond donors (Lipinski definition) is 2. The summed E-state index contributed by atoms with van der Waals surface area (Å²) < 4.78 is 1.58. The molecule has 124 valence electrons. The van der Waals surface area contributed by atoms with Crippen LogP contribution >= 0.6 is 11.3 Å². The number of carbonyl (C=O) groups is 1. The summed E-state index contributed by atoms with van der Waals surface area (Å²) in [5.41, 5.74) is 0.333. The van der Waals surface area contributed by atoms with Gasteiger partial charge in [-0.2, -0.15) is 5.10 Å². The van der Waals surface area contributed by atoms with Crippen molar-refractivity contribution in [1.82, 2.24) is 30.0 Å². The van der Waals surface area contributed by atoms with Crippen LogP contribution in [0.15, 0.2) is 28.5 Å². The summed E-state index contributed by atoms with van der Waals surface area (Å²) in [6.07, 6.45) is 1.51. The van der Waals surface area contributed by atoms with Crippen molar-refractivity contribution in [2.24, 2.45) is 7.05 Å². The molecule has 0 radical (unpaired) electrons. The zero-order chi connectivity index (χ0) is 16.7. The number of nitrogens with one attached hydrogen (secondary N) is 2. The van der Waals surface area contributed by atoms with Gasteiger partial charge in [-0.3, -0.25) is 19.2 Å². The minimum absolute atomic E-state index is 0.0207.